The van der Waals surface area contributed by atoms with Gasteiger partial charge in [-0.2, -0.15) is 0 Å². The van der Waals surface area contributed by atoms with Crippen LogP contribution < -0.4 is 5.32 Å². The van der Waals surface area contributed by atoms with Crippen LogP contribution in [0.15, 0.2) is 28.7 Å². The SMILES string of the molecule is FC1(F)CC1CNc1cccc(Br)c1. The summed E-state index contributed by atoms with van der Waals surface area (Å²) in [6.45, 7) is 0.351. The number of nitrogens with one attached hydrogen (secondary N) is 1. The van der Waals surface area contributed by atoms with Crippen molar-refractivity contribution < 1.29 is 8.78 Å². The maximum Gasteiger partial charge on any atom is 0.253 e. The summed E-state index contributed by atoms with van der Waals surface area (Å²) in [4.78, 5) is 0. The Balaban J connectivity index is 1.87. The highest BCUT2D eigenvalue weighted by Gasteiger charge is 2.56. The average molecular weight is 262 g/mol. The van der Waals surface area contributed by atoms with E-state index in [-0.39, 0.29) is 6.42 Å². The lowest BCUT2D eigenvalue weighted by atomic mass is 10.3. The molecule has 0 amide bonds. The van der Waals surface area contributed by atoms with E-state index in [1.54, 1.807) is 0 Å². The fourth-order valence-corrected chi connectivity index (χ4v) is 1.73. The zero-order valence-corrected chi connectivity index (χ0v) is 9.02. The first-order valence-corrected chi connectivity index (χ1v) is 5.24. The van der Waals surface area contributed by atoms with Crippen molar-refractivity contribution >= 4 is 21.6 Å². The minimum Gasteiger partial charge on any atom is -0.385 e. The molecular formula is C10H10BrF2N. The van der Waals surface area contributed by atoms with E-state index in [4.69, 9.17) is 0 Å². The third-order valence-electron chi connectivity index (χ3n) is 2.33. The van der Waals surface area contributed by atoms with Crippen LogP contribution in [0, 0.1) is 5.92 Å². The summed E-state index contributed by atoms with van der Waals surface area (Å²) in [5.74, 6) is -2.92. The number of rotatable bonds is 3. The Morgan fingerprint density at radius 3 is 2.79 bits per heavy atom. The Morgan fingerprint density at radius 1 is 1.50 bits per heavy atom. The molecule has 1 nitrogen and oxygen atoms in total. The zero-order valence-electron chi connectivity index (χ0n) is 7.43. The Labute approximate surface area is 89.6 Å². The molecule has 0 aliphatic heterocycles. The largest absolute Gasteiger partial charge is 0.385 e. The summed E-state index contributed by atoms with van der Waals surface area (Å²) in [6.07, 6.45) is 0.0218. The average Bonchev–Trinajstić information content (AvgIpc) is 2.71. The lowest BCUT2D eigenvalue weighted by Crippen LogP contribution is -2.08. The van der Waals surface area contributed by atoms with Crippen LogP contribution in [-0.2, 0) is 0 Å². The van der Waals surface area contributed by atoms with Crippen LogP contribution in [0.5, 0.6) is 0 Å². The summed E-state index contributed by atoms with van der Waals surface area (Å²) in [5.41, 5.74) is 0.877. The zero-order chi connectivity index (χ0) is 10.2. The van der Waals surface area contributed by atoms with E-state index in [2.05, 4.69) is 21.2 Å². The van der Waals surface area contributed by atoms with E-state index < -0.39 is 11.8 Å². The van der Waals surface area contributed by atoms with Gasteiger partial charge in [0.1, 0.15) is 0 Å². The summed E-state index contributed by atoms with van der Waals surface area (Å²) < 4.78 is 26.0. The Morgan fingerprint density at radius 2 is 2.21 bits per heavy atom. The number of halogens is 3. The van der Waals surface area contributed by atoms with Gasteiger partial charge in [-0.25, -0.2) is 8.78 Å². The molecule has 1 aromatic carbocycles. The Kier molecular flexibility index (Phi) is 2.47. The number of hydrogen-bond donors (Lipinski definition) is 1. The number of alkyl halides is 2. The van der Waals surface area contributed by atoms with Gasteiger partial charge in [0.25, 0.3) is 5.92 Å². The van der Waals surface area contributed by atoms with Gasteiger partial charge in [-0.05, 0) is 18.2 Å². The molecule has 1 unspecified atom stereocenters. The van der Waals surface area contributed by atoms with Gasteiger partial charge in [0.05, 0.1) is 0 Å². The molecule has 1 aliphatic rings. The molecule has 1 aliphatic carbocycles. The van der Waals surface area contributed by atoms with Crippen molar-refractivity contribution in [3.05, 3.63) is 28.7 Å². The lowest BCUT2D eigenvalue weighted by Gasteiger charge is -2.05. The second kappa shape index (κ2) is 3.50. The van der Waals surface area contributed by atoms with Crippen molar-refractivity contribution in [1.29, 1.82) is 0 Å². The highest BCUT2D eigenvalue weighted by atomic mass is 79.9. The van der Waals surface area contributed by atoms with Gasteiger partial charge in [0, 0.05) is 29.0 Å². The monoisotopic (exact) mass is 261 g/mol. The molecule has 0 aromatic heterocycles. The third-order valence-corrected chi connectivity index (χ3v) is 2.83. The quantitative estimate of drug-likeness (QED) is 0.878. The van der Waals surface area contributed by atoms with Gasteiger partial charge < -0.3 is 5.32 Å². The third kappa shape index (κ3) is 2.23. The first-order valence-electron chi connectivity index (χ1n) is 4.45. The normalized spacial score (nSPS) is 23.2. The highest BCUT2D eigenvalue weighted by Crippen LogP contribution is 2.48. The molecule has 0 bridgehead atoms. The van der Waals surface area contributed by atoms with E-state index in [1.807, 2.05) is 24.3 Å². The molecule has 1 saturated carbocycles. The molecule has 0 spiro atoms. The second-order valence-electron chi connectivity index (χ2n) is 3.55. The molecule has 2 rings (SSSR count). The van der Waals surface area contributed by atoms with E-state index in [0.29, 0.717) is 6.54 Å². The van der Waals surface area contributed by atoms with Gasteiger partial charge in [0.2, 0.25) is 0 Å². The molecule has 14 heavy (non-hydrogen) atoms. The van der Waals surface area contributed by atoms with Gasteiger partial charge in [0.15, 0.2) is 0 Å². The van der Waals surface area contributed by atoms with Crippen LogP contribution in [0.25, 0.3) is 0 Å². The highest BCUT2D eigenvalue weighted by molar-refractivity contribution is 9.10. The maximum absolute atomic E-state index is 12.5. The second-order valence-corrected chi connectivity index (χ2v) is 4.47. The van der Waals surface area contributed by atoms with E-state index in [1.165, 1.54) is 0 Å². The van der Waals surface area contributed by atoms with E-state index in [9.17, 15) is 8.78 Å². The van der Waals surface area contributed by atoms with Crippen LogP contribution >= 0.6 is 15.9 Å². The van der Waals surface area contributed by atoms with Gasteiger partial charge in [-0.1, -0.05) is 22.0 Å². The molecule has 1 N–H and O–H groups in total. The van der Waals surface area contributed by atoms with Crippen molar-refractivity contribution in [2.75, 3.05) is 11.9 Å². The molecule has 1 atom stereocenters. The minimum atomic E-state index is -2.43. The summed E-state index contributed by atoms with van der Waals surface area (Å²) in [5, 5.41) is 2.99. The molecule has 0 radical (unpaired) electrons. The molecule has 1 fully saturated rings. The van der Waals surface area contributed by atoms with Crippen LogP contribution in [0.4, 0.5) is 14.5 Å². The van der Waals surface area contributed by atoms with Crippen LogP contribution in [0.2, 0.25) is 0 Å². The molecule has 1 aromatic rings. The van der Waals surface area contributed by atoms with Crippen molar-refractivity contribution in [1.82, 2.24) is 0 Å². The van der Waals surface area contributed by atoms with Gasteiger partial charge in [-0.3, -0.25) is 0 Å². The van der Waals surface area contributed by atoms with Crippen molar-refractivity contribution in [2.24, 2.45) is 5.92 Å². The fourth-order valence-electron chi connectivity index (χ4n) is 1.33. The van der Waals surface area contributed by atoms with Crippen LogP contribution in [-0.4, -0.2) is 12.5 Å². The topological polar surface area (TPSA) is 12.0 Å². The van der Waals surface area contributed by atoms with Crippen molar-refractivity contribution in [3.8, 4) is 0 Å². The van der Waals surface area contributed by atoms with Gasteiger partial charge in [-0.15, -0.1) is 0 Å². The van der Waals surface area contributed by atoms with Crippen LogP contribution in [0.1, 0.15) is 6.42 Å². The van der Waals surface area contributed by atoms with E-state index in [0.717, 1.165) is 10.2 Å². The molecule has 0 heterocycles. The standard InChI is InChI=1S/C10H10BrF2N/c11-8-2-1-3-9(4-8)14-6-7-5-10(7,12)13/h1-4,7,14H,5-6H2. The minimum absolute atomic E-state index is 0.0218. The number of benzene rings is 1. The number of anilines is 1. The Bertz CT molecular complexity index is 341. The molecule has 0 saturated heterocycles. The predicted octanol–water partition coefficient (Wildman–Crippen LogP) is 3.52. The molecule has 76 valence electrons. The molecular weight excluding hydrogens is 252 g/mol. The fraction of sp³-hybridized carbons (Fsp3) is 0.400. The predicted molar refractivity (Wildman–Crippen MR) is 55.7 cm³/mol. The smallest absolute Gasteiger partial charge is 0.253 e. The Hall–Kier alpha value is -0.640. The summed E-state index contributed by atoms with van der Waals surface area (Å²) in [7, 11) is 0. The van der Waals surface area contributed by atoms with Crippen molar-refractivity contribution in [3.63, 3.8) is 0 Å². The van der Waals surface area contributed by atoms with Gasteiger partial charge >= 0.3 is 0 Å². The first-order chi connectivity index (χ1) is 6.58. The van der Waals surface area contributed by atoms with Crippen molar-refractivity contribution in [2.45, 2.75) is 12.3 Å². The summed E-state index contributed by atoms with van der Waals surface area (Å²) in [6, 6.07) is 7.51. The maximum atomic E-state index is 12.5. The first kappa shape index (κ1) is 9.90. The van der Waals surface area contributed by atoms with Crippen LogP contribution in [0.3, 0.4) is 0 Å². The molecule has 4 heteroatoms. The van der Waals surface area contributed by atoms with E-state index >= 15 is 0 Å². The number of hydrogen-bond acceptors (Lipinski definition) is 1. The summed E-state index contributed by atoms with van der Waals surface area (Å²) >= 11 is 3.32. The lowest BCUT2D eigenvalue weighted by molar-refractivity contribution is 0.101.